The first-order chi connectivity index (χ1) is 28.2. The van der Waals surface area contributed by atoms with Crippen molar-refractivity contribution >= 4 is 60.9 Å². The van der Waals surface area contributed by atoms with Crippen molar-refractivity contribution in [2.45, 2.75) is 0 Å². The monoisotopic (exact) mass is 732 g/mol. The summed E-state index contributed by atoms with van der Waals surface area (Å²) in [7, 11) is 0. The summed E-state index contributed by atoms with van der Waals surface area (Å²) >= 11 is 0. The normalized spacial score (nSPS) is 11.5. The van der Waals surface area contributed by atoms with E-state index in [1.807, 2.05) is 91.0 Å². The second-order valence-corrected chi connectivity index (χ2v) is 14.0. The van der Waals surface area contributed by atoms with E-state index in [4.69, 9.17) is 23.8 Å². The predicted octanol–water partition coefficient (Wildman–Crippen LogP) is 13.8. The third-order valence-electron chi connectivity index (χ3n) is 10.5. The molecule has 0 aliphatic rings. The number of aromatic nitrogens is 3. The van der Waals surface area contributed by atoms with Crippen LogP contribution in [0.15, 0.2) is 203 Å². The molecule has 6 nitrogen and oxygen atoms in total. The SMILES string of the molecule is c1ccc(-c2ccc3c(c2)oc2cccc(N(c4ccccc4)c4ccc5c(c4)oc4cccc(-c6nc(-c7ccccc7)nc(-c7ccccc7)n6)c45)c23)cc1. The molecular formula is C51H32N4O2. The lowest BCUT2D eigenvalue weighted by Gasteiger charge is -2.26. The molecule has 57 heavy (non-hydrogen) atoms. The molecule has 0 N–H and O–H groups in total. The van der Waals surface area contributed by atoms with Crippen LogP contribution in [0.25, 0.3) is 89.2 Å². The minimum Gasteiger partial charge on any atom is -0.456 e. The van der Waals surface area contributed by atoms with Crippen LogP contribution in [-0.2, 0) is 0 Å². The summed E-state index contributed by atoms with van der Waals surface area (Å²) in [6.07, 6.45) is 0. The Bertz CT molecular complexity index is 3170. The highest BCUT2D eigenvalue weighted by Gasteiger charge is 2.22. The van der Waals surface area contributed by atoms with E-state index < -0.39 is 0 Å². The zero-order valence-corrected chi connectivity index (χ0v) is 30.6. The van der Waals surface area contributed by atoms with Crippen LogP contribution in [0.4, 0.5) is 17.1 Å². The third-order valence-corrected chi connectivity index (χ3v) is 10.5. The number of para-hydroxylation sites is 1. The second-order valence-electron chi connectivity index (χ2n) is 14.0. The van der Waals surface area contributed by atoms with Crippen LogP contribution in [0.5, 0.6) is 0 Å². The van der Waals surface area contributed by atoms with Gasteiger partial charge in [-0.3, -0.25) is 0 Å². The zero-order chi connectivity index (χ0) is 37.7. The molecule has 0 saturated heterocycles. The molecule has 0 aliphatic heterocycles. The summed E-state index contributed by atoms with van der Waals surface area (Å²) in [4.78, 5) is 17.3. The van der Waals surface area contributed by atoms with Crippen molar-refractivity contribution in [1.82, 2.24) is 15.0 Å². The molecule has 0 fully saturated rings. The zero-order valence-electron chi connectivity index (χ0n) is 30.6. The van der Waals surface area contributed by atoms with Crippen molar-refractivity contribution < 1.29 is 8.83 Å². The molecule has 0 unspecified atom stereocenters. The smallest absolute Gasteiger partial charge is 0.164 e. The summed E-state index contributed by atoms with van der Waals surface area (Å²) < 4.78 is 13.2. The first kappa shape index (κ1) is 32.6. The first-order valence-corrected chi connectivity index (χ1v) is 18.9. The fraction of sp³-hybridized carbons (Fsp3) is 0. The first-order valence-electron chi connectivity index (χ1n) is 18.9. The van der Waals surface area contributed by atoms with Gasteiger partial charge in [-0.25, -0.2) is 15.0 Å². The van der Waals surface area contributed by atoms with Gasteiger partial charge in [0.25, 0.3) is 0 Å². The third kappa shape index (κ3) is 5.70. The largest absolute Gasteiger partial charge is 0.456 e. The minimum absolute atomic E-state index is 0.583. The van der Waals surface area contributed by atoms with Crippen molar-refractivity contribution in [1.29, 1.82) is 0 Å². The van der Waals surface area contributed by atoms with Crippen LogP contribution in [0.2, 0.25) is 0 Å². The van der Waals surface area contributed by atoms with Crippen molar-refractivity contribution in [2.24, 2.45) is 0 Å². The Labute approximate surface area is 328 Å². The van der Waals surface area contributed by atoms with E-state index in [-0.39, 0.29) is 0 Å². The minimum atomic E-state index is 0.583. The van der Waals surface area contributed by atoms with E-state index in [9.17, 15) is 0 Å². The number of benzene rings is 8. The van der Waals surface area contributed by atoms with Gasteiger partial charge in [0, 0.05) is 50.3 Å². The van der Waals surface area contributed by atoms with E-state index in [1.54, 1.807) is 0 Å². The molecule has 0 bridgehead atoms. The number of nitrogens with zero attached hydrogens (tertiary/aromatic N) is 4. The van der Waals surface area contributed by atoms with E-state index in [0.29, 0.717) is 17.5 Å². The van der Waals surface area contributed by atoms with E-state index in [0.717, 1.165) is 88.8 Å². The van der Waals surface area contributed by atoms with Gasteiger partial charge in [-0.05, 0) is 65.7 Å². The molecule has 11 aromatic rings. The Morgan fingerprint density at radius 1 is 0.333 bits per heavy atom. The van der Waals surface area contributed by atoms with Crippen molar-refractivity contribution in [2.75, 3.05) is 4.90 Å². The maximum absolute atomic E-state index is 6.69. The number of hydrogen-bond donors (Lipinski definition) is 0. The highest BCUT2D eigenvalue weighted by Crippen LogP contribution is 2.45. The lowest BCUT2D eigenvalue weighted by Crippen LogP contribution is -2.10. The van der Waals surface area contributed by atoms with Gasteiger partial charge < -0.3 is 13.7 Å². The van der Waals surface area contributed by atoms with E-state index in [1.165, 1.54) is 0 Å². The fourth-order valence-corrected chi connectivity index (χ4v) is 7.88. The van der Waals surface area contributed by atoms with E-state index >= 15 is 0 Å². The van der Waals surface area contributed by atoms with Gasteiger partial charge in [0.2, 0.25) is 0 Å². The molecule has 6 heteroatoms. The maximum atomic E-state index is 6.69. The number of furan rings is 2. The quantitative estimate of drug-likeness (QED) is 0.162. The standard InChI is InChI=1S/C51H32N4O2/c1-5-15-33(16-6-1)36-27-29-40-45(31-36)57-44-26-14-24-42(48(40)44)55(37-21-11-4-12-22-37)38-28-30-39-46(32-38)56-43-25-13-23-41(47(39)43)51-53-49(34-17-7-2-8-18-34)52-50(54-51)35-19-9-3-10-20-35/h1-32H. The summed E-state index contributed by atoms with van der Waals surface area (Å²) in [5.74, 6) is 1.81. The van der Waals surface area contributed by atoms with Crippen LogP contribution < -0.4 is 4.90 Å². The highest BCUT2D eigenvalue weighted by molar-refractivity contribution is 6.15. The Balaban J connectivity index is 1.08. The number of hydrogen-bond acceptors (Lipinski definition) is 6. The van der Waals surface area contributed by atoms with E-state index in [2.05, 4.69) is 108 Å². The van der Waals surface area contributed by atoms with Crippen LogP contribution in [0.3, 0.4) is 0 Å². The van der Waals surface area contributed by atoms with Gasteiger partial charge in [0.1, 0.15) is 22.3 Å². The van der Waals surface area contributed by atoms with Gasteiger partial charge in [0.05, 0.1) is 11.1 Å². The number of fused-ring (bicyclic) bond motifs is 6. The summed E-state index contributed by atoms with van der Waals surface area (Å²) in [5, 5.41) is 4.02. The molecule has 0 saturated carbocycles. The van der Waals surface area contributed by atoms with Gasteiger partial charge in [0.15, 0.2) is 17.5 Å². The molecule has 3 heterocycles. The Morgan fingerprint density at radius 3 is 1.53 bits per heavy atom. The molecule has 0 radical (unpaired) electrons. The average molecular weight is 733 g/mol. The molecule has 0 atom stereocenters. The fourth-order valence-electron chi connectivity index (χ4n) is 7.88. The molecule has 8 aromatic carbocycles. The molecule has 268 valence electrons. The van der Waals surface area contributed by atoms with Crippen LogP contribution in [-0.4, -0.2) is 15.0 Å². The molecule has 11 rings (SSSR count). The molecular weight excluding hydrogens is 701 g/mol. The predicted molar refractivity (Wildman–Crippen MR) is 231 cm³/mol. The molecule has 3 aromatic heterocycles. The van der Waals surface area contributed by atoms with Gasteiger partial charge in [-0.15, -0.1) is 0 Å². The lowest BCUT2D eigenvalue weighted by molar-refractivity contribution is 0.669. The molecule has 0 spiro atoms. The summed E-state index contributed by atoms with van der Waals surface area (Å²) in [6.45, 7) is 0. The highest BCUT2D eigenvalue weighted by atomic mass is 16.3. The lowest BCUT2D eigenvalue weighted by atomic mass is 10.0. The number of anilines is 3. The topological polar surface area (TPSA) is 68.2 Å². The molecule has 0 aliphatic carbocycles. The Kier molecular flexibility index (Phi) is 7.71. The van der Waals surface area contributed by atoms with Gasteiger partial charge in [-0.1, -0.05) is 133 Å². The Hall–Kier alpha value is -7.83. The second kappa shape index (κ2) is 13.5. The number of rotatable bonds is 7. The summed E-state index contributed by atoms with van der Waals surface area (Å²) in [6, 6.07) is 66.2. The van der Waals surface area contributed by atoms with Gasteiger partial charge in [-0.2, -0.15) is 0 Å². The van der Waals surface area contributed by atoms with Gasteiger partial charge >= 0.3 is 0 Å². The average Bonchev–Trinajstić information content (AvgIpc) is 3.86. The van der Waals surface area contributed by atoms with Crippen LogP contribution >= 0.6 is 0 Å². The summed E-state index contributed by atoms with van der Waals surface area (Å²) in [5.41, 5.74) is 11.1. The van der Waals surface area contributed by atoms with Crippen molar-refractivity contribution in [3.63, 3.8) is 0 Å². The van der Waals surface area contributed by atoms with Crippen LogP contribution in [0, 0.1) is 0 Å². The van der Waals surface area contributed by atoms with Crippen LogP contribution in [0.1, 0.15) is 0 Å². The molecule has 0 amide bonds. The Morgan fingerprint density at radius 2 is 0.860 bits per heavy atom. The van der Waals surface area contributed by atoms with Crippen molar-refractivity contribution in [3.05, 3.63) is 194 Å². The maximum Gasteiger partial charge on any atom is 0.164 e. The van der Waals surface area contributed by atoms with Crippen molar-refractivity contribution in [3.8, 4) is 45.3 Å².